The van der Waals surface area contributed by atoms with E-state index in [-0.39, 0.29) is 18.1 Å². The Labute approximate surface area is 180 Å². The lowest BCUT2D eigenvalue weighted by atomic mass is 9.97. The van der Waals surface area contributed by atoms with Crippen molar-refractivity contribution >= 4 is 11.7 Å². The Morgan fingerprint density at radius 3 is 2.87 bits per heavy atom. The van der Waals surface area contributed by atoms with E-state index in [1.807, 2.05) is 18.2 Å². The van der Waals surface area contributed by atoms with Gasteiger partial charge in [0.1, 0.15) is 18.0 Å². The first-order chi connectivity index (χ1) is 15.0. The third-order valence-corrected chi connectivity index (χ3v) is 5.75. The molecule has 160 valence electrons. The topological polar surface area (TPSA) is 91.2 Å². The number of nitrogens with one attached hydrogen (secondary N) is 2. The molecule has 1 fully saturated rings. The largest absolute Gasteiger partial charge is 0.367 e. The monoisotopic (exact) mass is 421 g/mol. The van der Waals surface area contributed by atoms with Crippen LogP contribution in [0.25, 0.3) is 11.1 Å². The van der Waals surface area contributed by atoms with Crippen molar-refractivity contribution in [2.24, 2.45) is 0 Å². The number of nitriles is 1. The van der Waals surface area contributed by atoms with Crippen molar-refractivity contribution in [2.45, 2.75) is 37.8 Å². The molecule has 2 atom stereocenters. The number of carbonyl (C=O) groups is 2. The van der Waals surface area contributed by atoms with Crippen LogP contribution in [0.5, 0.6) is 0 Å². The van der Waals surface area contributed by atoms with Crippen LogP contribution in [-0.2, 0) is 22.4 Å². The minimum atomic E-state index is -0.856. The summed E-state index contributed by atoms with van der Waals surface area (Å²) in [6.07, 6.45) is 1.47. The third kappa shape index (κ3) is 4.82. The van der Waals surface area contributed by atoms with Crippen molar-refractivity contribution in [3.8, 4) is 17.2 Å². The normalized spacial score (nSPS) is 19.2. The molecule has 0 bridgehead atoms. The lowest BCUT2D eigenvalue weighted by molar-refractivity contribution is -0.132. The molecule has 0 unspecified atom stereocenters. The van der Waals surface area contributed by atoms with Crippen molar-refractivity contribution in [3.63, 3.8) is 0 Å². The Balaban J connectivity index is 1.44. The zero-order valence-corrected chi connectivity index (χ0v) is 17.1. The first kappa shape index (κ1) is 21.2. The SMILES string of the molecule is N#C[C@H](Cc1ccc(-c2ccc3c(c2)CCC3=O)cc1F)NC(=O)[C@@H]1CNCCCO1. The molecule has 1 amide bonds. The van der Waals surface area contributed by atoms with E-state index in [0.717, 1.165) is 29.7 Å². The van der Waals surface area contributed by atoms with Gasteiger partial charge in [0.05, 0.1) is 6.07 Å². The van der Waals surface area contributed by atoms with Crippen LogP contribution in [0.4, 0.5) is 4.39 Å². The fourth-order valence-electron chi connectivity index (χ4n) is 4.02. The van der Waals surface area contributed by atoms with Gasteiger partial charge in [-0.15, -0.1) is 0 Å². The van der Waals surface area contributed by atoms with E-state index in [0.29, 0.717) is 37.1 Å². The second-order valence-electron chi connectivity index (χ2n) is 7.91. The molecule has 1 heterocycles. The average Bonchev–Trinajstić information content (AvgIpc) is 2.97. The third-order valence-electron chi connectivity index (χ3n) is 5.75. The van der Waals surface area contributed by atoms with E-state index >= 15 is 0 Å². The fraction of sp³-hybridized carbons (Fsp3) is 0.375. The quantitative estimate of drug-likeness (QED) is 0.774. The number of ether oxygens (including phenoxy) is 1. The van der Waals surface area contributed by atoms with Gasteiger partial charge in [0, 0.05) is 31.6 Å². The lowest BCUT2D eigenvalue weighted by Gasteiger charge is -2.18. The second kappa shape index (κ2) is 9.38. The Morgan fingerprint density at radius 2 is 2.06 bits per heavy atom. The maximum Gasteiger partial charge on any atom is 0.251 e. The molecule has 2 N–H and O–H groups in total. The van der Waals surface area contributed by atoms with E-state index in [1.54, 1.807) is 18.2 Å². The van der Waals surface area contributed by atoms with E-state index in [2.05, 4.69) is 10.6 Å². The summed E-state index contributed by atoms with van der Waals surface area (Å²) < 4.78 is 20.3. The summed E-state index contributed by atoms with van der Waals surface area (Å²) in [4.78, 5) is 24.2. The molecule has 0 radical (unpaired) electrons. The van der Waals surface area contributed by atoms with Gasteiger partial charge in [-0.25, -0.2) is 4.39 Å². The van der Waals surface area contributed by atoms with Crippen LogP contribution < -0.4 is 10.6 Å². The fourth-order valence-corrected chi connectivity index (χ4v) is 4.02. The predicted molar refractivity (Wildman–Crippen MR) is 113 cm³/mol. The number of aryl methyl sites for hydroxylation is 1. The molecule has 31 heavy (non-hydrogen) atoms. The van der Waals surface area contributed by atoms with Gasteiger partial charge in [-0.05, 0) is 47.7 Å². The van der Waals surface area contributed by atoms with Crippen LogP contribution in [0, 0.1) is 17.1 Å². The number of rotatable bonds is 5. The number of Topliss-reactive ketones (excluding diaryl/α,β-unsaturated/α-hetero) is 1. The van der Waals surface area contributed by atoms with E-state index in [1.165, 1.54) is 6.07 Å². The first-order valence-electron chi connectivity index (χ1n) is 10.5. The highest BCUT2D eigenvalue weighted by molar-refractivity contribution is 6.00. The van der Waals surface area contributed by atoms with Gasteiger partial charge >= 0.3 is 0 Å². The minimum absolute atomic E-state index is 0.0627. The number of hydrogen-bond acceptors (Lipinski definition) is 5. The number of fused-ring (bicyclic) bond motifs is 1. The Hall–Kier alpha value is -3.08. The van der Waals surface area contributed by atoms with Gasteiger partial charge in [-0.2, -0.15) is 5.26 Å². The van der Waals surface area contributed by atoms with Gasteiger partial charge in [0.2, 0.25) is 0 Å². The van der Waals surface area contributed by atoms with Crippen molar-refractivity contribution in [2.75, 3.05) is 19.7 Å². The highest BCUT2D eigenvalue weighted by atomic mass is 19.1. The molecule has 0 spiro atoms. The van der Waals surface area contributed by atoms with Crippen LogP contribution in [0.3, 0.4) is 0 Å². The minimum Gasteiger partial charge on any atom is -0.367 e. The number of hydrogen-bond donors (Lipinski definition) is 2. The molecule has 0 saturated carbocycles. The van der Waals surface area contributed by atoms with E-state index in [9.17, 15) is 19.2 Å². The van der Waals surface area contributed by atoms with Gasteiger partial charge in [-0.3, -0.25) is 9.59 Å². The number of amides is 1. The van der Waals surface area contributed by atoms with Gasteiger partial charge in [-0.1, -0.05) is 30.3 Å². The summed E-state index contributed by atoms with van der Waals surface area (Å²) >= 11 is 0. The highest BCUT2D eigenvalue weighted by Gasteiger charge is 2.24. The Bertz CT molecular complexity index is 1040. The molecule has 2 aromatic carbocycles. The molecule has 2 aliphatic rings. The first-order valence-corrected chi connectivity index (χ1v) is 10.5. The van der Waals surface area contributed by atoms with Crippen LogP contribution in [0.15, 0.2) is 36.4 Å². The van der Waals surface area contributed by atoms with Crippen molar-refractivity contribution in [3.05, 3.63) is 58.9 Å². The Morgan fingerprint density at radius 1 is 1.26 bits per heavy atom. The molecular formula is C24H24FN3O3. The summed E-state index contributed by atoms with van der Waals surface area (Å²) in [6.45, 7) is 1.65. The standard InChI is InChI=1S/C24H24FN3O3/c25-21-12-16(15-4-6-20-17(10-15)5-7-22(20)29)2-3-18(21)11-19(13-26)28-24(30)23-14-27-8-1-9-31-23/h2-4,6,10,12,19,23,27H,1,5,7-9,11,14H2,(H,28,30)/t19-,23-/m0/s1. The van der Waals surface area contributed by atoms with Crippen molar-refractivity contribution in [1.29, 1.82) is 5.26 Å². The lowest BCUT2D eigenvalue weighted by Crippen LogP contribution is -2.46. The number of nitrogens with zero attached hydrogens (tertiary/aromatic N) is 1. The summed E-state index contributed by atoms with van der Waals surface area (Å²) in [6, 6.07) is 11.6. The van der Waals surface area contributed by atoms with Crippen LogP contribution in [0.1, 0.15) is 34.3 Å². The number of benzene rings is 2. The van der Waals surface area contributed by atoms with Crippen LogP contribution >= 0.6 is 0 Å². The van der Waals surface area contributed by atoms with Gasteiger partial charge in [0.25, 0.3) is 5.91 Å². The van der Waals surface area contributed by atoms with Crippen molar-refractivity contribution < 1.29 is 18.7 Å². The maximum atomic E-state index is 14.8. The molecule has 4 rings (SSSR count). The van der Waals surface area contributed by atoms with Crippen LogP contribution in [-0.4, -0.2) is 43.5 Å². The van der Waals surface area contributed by atoms with E-state index < -0.39 is 18.0 Å². The molecule has 1 aliphatic carbocycles. The summed E-state index contributed by atoms with van der Waals surface area (Å²) in [5, 5.41) is 15.2. The molecular weight excluding hydrogens is 397 g/mol. The zero-order valence-electron chi connectivity index (χ0n) is 17.1. The zero-order chi connectivity index (χ0) is 21.8. The maximum absolute atomic E-state index is 14.8. The smallest absolute Gasteiger partial charge is 0.251 e. The summed E-state index contributed by atoms with van der Waals surface area (Å²) in [5.74, 6) is -0.653. The second-order valence-corrected chi connectivity index (χ2v) is 7.91. The summed E-state index contributed by atoms with van der Waals surface area (Å²) in [7, 11) is 0. The Kier molecular flexibility index (Phi) is 6.40. The van der Waals surface area contributed by atoms with Crippen molar-refractivity contribution in [1.82, 2.24) is 10.6 Å². The number of ketones is 1. The molecule has 1 aliphatic heterocycles. The molecule has 6 nitrogen and oxygen atoms in total. The molecule has 7 heteroatoms. The average molecular weight is 421 g/mol. The molecule has 2 aromatic rings. The van der Waals surface area contributed by atoms with Crippen LogP contribution in [0.2, 0.25) is 0 Å². The number of carbonyl (C=O) groups excluding carboxylic acids is 2. The van der Waals surface area contributed by atoms with E-state index in [4.69, 9.17) is 4.74 Å². The van der Waals surface area contributed by atoms with Gasteiger partial charge < -0.3 is 15.4 Å². The molecule has 0 aromatic heterocycles. The highest BCUT2D eigenvalue weighted by Crippen LogP contribution is 2.29. The number of halogens is 1. The predicted octanol–water partition coefficient (Wildman–Crippen LogP) is 2.55. The summed E-state index contributed by atoms with van der Waals surface area (Å²) in [5.41, 5.74) is 3.66. The van der Waals surface area contributed by atoms with Gasteiger partial charge in [0.15, 0.2) is 5.78 Å². The molecule has 1 saturated heterocycles.